The van der Waals surface area contributed by atoms with E-state index in [-0.39, 0.29) is 0 Å². The van der Waals surface area contributed by atoms with Crippen LogP contribution in [0.4, 0.5) is 0 Å². The number of sulfonamides is 1. The smallest absolute Gasteiger partial charge is 0.207 e. The van der Waals surface area contributed by atoms with Gasteiger partial charge in [-0.2, -0.15) is 0 Å². The summed E-state index contributed by atoms with van der Waals surface area (Å²) in [5.41, 5.74) is 1.33. The zero-order chi connectivity index (χ0) is 14.7. The van der Waals surface area contributed by atoms with E-state index in [4.69, 9.17) is 0 Å². The summed E-state index contributed by atoms with van der Waals surface area (Å²) in [6.45, 7) is 9.46. The molecular weight excluding hydrogens is 258 g/mol. The average Bonchev–Trinajstić information content (AvgIpc) is 2.28. The lowest BCUT2D eigenvalue weighted by atomic mass is 10.0. The summed E-state index contributed by atoms with van der Waals surface area (Å²) < 4.78 is 27.6. The highest BCUT2D eigenvalue weighted by Crippen LogP contribution is 2.26. The van der Waals surface area contributed by atoms with Crippen LogP contribution in [-0.4, -0.2) is 14.0 Å². The zero-order valence-electron chi connectivity index (χ0n) is 12.3. The quantitative estimate of drug-likeness (QED) is 0.917. The third-order valence-corrected chi connectivity index (χ3v) is 4.51. The highest BCUT2D eigenvalue weighted by atomic mass is 32.2. The standard InChI is InChI=1S/C15H23NO2S/c1-6-12(7-2)13-10-8-9-11-14(13)19(17,18)16-15(3,4)5/h6,8-11,16H,7H2,1-5H3/b12-6+. The maximum Gasteiger partial charge on any atom is 0.241 e. The molecule has 0 heterocycles. The highest BCUT2D eigenvalue weighted by molar-refractivity contribution is 7.89. The van der Waals surface area contributed by atoms with Crippen LogP contribution in [0, 0.1) is 0 Å². The molecule has 0 aliphatic rings. The third kappa shape index (κ3) is 4.18. The minimum absolute atomic E-state index is 0.347. The monoisotopic (exact) mass is 281 g/mol. The van der Waals surface area contributed by atoms with E-state index >= 15 is 0 Å². The van der Waals surface area contributed by atoms with Crippen LogP contribution < -0.4 is 4.72 Å². The van der Waals surface area contributed by atoms with Crippen LogP contribution in [0.1, 0.15) is 46.6 Å². The molecule has 3 nitrogen and oxygen atoms in total. The van der Waals surface area contributed by atoms with Gasteiger partial charge >= 0.3 is 0 Å². The first kappa shape index (κ1) is 15.9. The molecule has 0 radical (unpaired) electrons. The number of hydrogen-bond donors (Lipinski definition) is 1. The van der Waals surface area contributed by atoms with Crippen molar-refractivity contribution in [2.45, 2.75) is 51.5 Å². The van der Waals surface area contributed by atoms with Gasteiger partial charge in [-0.25, -0.2) is 13.1 Å². The number of hydrogen-bond acceptors (Lipinski definition) is 2. The van der Waals surface area contributed by atoms with Crippen molar-refractivity contribution in [1.82, 2.24) is 4.72 Å². The van der Waals surface area contributed by atoms with Crippen molar-refractivity contribution in [1.29, 1.82) is 0 Å². The molecule has 0 saturated carbocycles. The van der Waals surface area contributed by atoms with E-state index in [0.717, 1.165) is 17.6 Å². The van der Waals surface area contributed by atoms with E-state index in [0.29, 0.717) is 4.90 Å². The van der Waals surface area contributed by atoms with Crippen LogP contribution in [-0.2, 0) is 10.0 Å². The second-order valence-electron chi connectivity index (χ2n) is 5.52. The van der Waals surface area contributed by atoms with Gasteiger partial charge < -0.3 is 0 Å². The van der Waals surface area contributed by atoms with E-state index in [1.165, 1.54) is 0 Å². The molecule has 1 N–H and O–H groups in total. The van der Waals surface area contributed by atoms with E-state index < -0.39 is 15.6 Å². The predicted molar refractivity (Wildman–Crippen MR) is 80.5 cm³/mol. The van der Waals surface area contributed by atoms with E-state index in [9.17, 15) is 8.42 Å². The average molecular weight is 281 g/mol. The van der Waals surface area contributed by atoms with Crippen molar-refractivity contribution in [2.75, 3.05) is 0 Å². The number of allylic oxidation sites excluding steroid dienone is 2. The van der Waals surface area contributed by atoms with Gasteiger partial charge in [-0.05, 0) is 51.3 Å². The molecule has 1 aromatic carbocycles. The Morgan fingerprint density at radius 1 is 1.26 bits per heavy atom. The Balaban J connectivity index is 3.36. The molecular formula is C15H23NO2S. The summed E-state index contributed by atoms with van der Waals surface area (Å²) in [7, 11) is -3.50. The normalized spacial score (nSPS) is 13.6. The van der Waals surface area contributed by atoms with Crippen molar-refractivity contribution >= 4 is 15.6 Å². The molecule has 4 heteroatoms. The Kier molecular flexibility index (Phi) is 4.93. The maximum atomic E-state index is 12.5. The van der Waals surface area contributed by atoms with Gasteiger partial charge in [0.05, 0.1) is 4.90 Å². The summed E-state index contributed by atoms with van der Waals surface area (Å²) in [4.78, 5) is 0.347. The molecule has 106 valence electrons. The number of rotatable bonds is 4. The second kappa shape index (κ2) is 5.88. The fourth-order valence-electron chi connectivity index (χ4n) is 1.97. The molecule has 0 spiro atoms. The van der Waals surface area contributed by atoms with Gasteiger partial charge in [0.25, 0.3) is 0 Å². The summed E-state index contributed by atoms with van der Waals surface area (Å²) in [5, 5.41) is 0. The Labute approximate surface area is 116 Å². The molecule has 0 amide bonds. The molecule has 0 bridgehead atoms. The van der Waals surface area contributed by atoms with Gasteiger partial charge in [-0.1, -0.05) is 31.2 Å². The highest BCUT2D eigenvalue weighted by Gasteiger charge is 2.24. The Bertz CT molecular complexity index is 566. The van der Waals surface area contributed by atoms with Crippen molar-refractivity contribution in [3.05, 3.63) is 35.9 Å². The number of nitrogens with one attached hydrogen (secondary N) is 1. The van der Waals surface area contributed by atoms with E-state index in [1.54, 1.807) is 12.1 Å². The van der Waals surface area contributed by atoms with Crippen LogP contribution in [0.2, 0.25) is 0 Å². The maximum absolute atomic E-state index is 12.5. The summed E-state index contributed by atoms with van der Waals surface area (Å²) >= 11 is 0. The summed E-state index contributed by atoms with van der Waals surface area (Å²) in [5.74, 6) is 0. The van der Waals surface area contributed by atoms with Gasteiger partial charge in [0.15, 0.2) is 0 Å². The van der Waals surface area contributed by atoms with Gasteiger partial charge in [0.2, 0.25) is 10.0 Å². The van der Waals surface area contributed by atoms with Gasteiger partial charge in [0, 0.05) is 5.54 Å². The molecule has 0 aliphatic heterocycles. The molecule has 1 aromatic rings. The topological polar surface area (TPSA) is 46.2 Å². The Hall–Kier alpha value is -1.13. The van der Waals surface area contributed by atoms with Gasteiger partial charge in [0.1, 0.15) is 0 Å². The van der Waals surface area contributed by atoms with E-state index in [1.807, 2.05) is 52.8 Å². The minimum Gasteiger partial charge on any atom is -0.207 e. The zero-order valence-corrected chi connectivity index (χ0v) is 13.1. The molecule has 1 rings (SSSR count). The van der Waals surface area contributed by atoms with Crippen molar-refractivity contribution in [3.63, 3.8) is 0 Å². The Morgan fingerprint density at radius 3 is 2.32 bits per heavy atom. The second-order valence-corrected chi connectivity index (χ2v) is 7.17. The van der Waals surface area contributed by atoms with Crippen LogP contribution in [0.5, 0.6) is 0 Å². The Morgan fingerprint density at radius 2 is 1.84 bits per heavy atom. The van der Waals surface area contributed by atoms with Crippen molar-refractivity contribution < 1.29 is 8.42 Å². The van der Waals surface area contributed by atoms with Crippen LogP contribution in [0.25, 0.3) is 5.57 Å². The summed E-state index contributed by atoms with van der Waals surface area (Å²) in [6.07, 6.45) is 2.77. The van der Waals surface area contributed by atoms with Crippen LogP contribution in [0.15, 0.2) is 35.2 Å². The van der Waals surface area contributed by atoms with Crippen LogP contribution in [0.3, 0.4) is 0 Å². The molecule has 0 aromatic heterocycles. The van der Waals surface area contributed by atoms with E-state index in [2.05, 4.69) is 4.72 Å². The fraction of sp³-hybridized carbons (Fsp3) is 0.467. The number of benzene rings is 1. The lowest BCUT2D eigenvalue weighted by Gasteiger charge is -2.22. The SMILES string of the molecule is C/C=C(\CC)c1ccccc1S(=O)(=O)NC(C)(C)C. The lowest BCUT2D eigenvalue weighted by molar-refractivity contribution is 0.491. The fourth-order valence-corrected chi connectivity index (χ4v) is 3.64. The molecule has 0 atom stereocenters. The first-order valence-electron chi connectivity index (χ1n) is 6.50. The molecule has 0 aliphatic carbocycles. The molecule has 0 unspecified atom stereocenters. The van der Waals surface area contributed by atoms with Crippen molar-refractivity contribution in [2.24, 2.45) is 0 Å². The van der Waals surface area contributed by atoms with Crippen molar-refractivity contribution in [3.8, 4) is 0 Å². The molecule has 0 fully saturated rings. The predicted octanol–water partition coefficient (Wildman–Crippen LogP) is 3.58. The third-order valence-electron chi connectivity index (χ3n) is 2.69. The minimum atomic E-state index is -3.50. The first-order valence-corrected chi connectivity index (χ1v) is 7.98. The molecule has 19 heavy (non-hydrogen) atoms. The lowest BCUT2D eigenvalue weighted by Crippen LogP contribution is -2.40. The largest absolute Gasteiger partial charge is 0.241 e. The summed E-state index contributed by atoms with van der Waals surface area (Å²) in [6, 6.07) is 7.13. The van der Waals surface area contributed by atoms with Gasteiger partial charge in [-0.3, -0.25) is 0 Å². The van der Waals surface area contributed by atoms with Gasteiger partial charge in [-0.15, -0.1) is 0 Å². The van der Waals surface area contributed by atoms with Crippen LogP contribution >= 0.6 is 0 Å². The first-order chi connectivity index (χ1) is 8.71. The molecule has 0 saturated heterocycles.